The normalized spacial score (nSPS) is 18.5. The van der Waals surface area contributed by atoms with Crippen molar-refractivity contribution in [2.45, 2.75) is 52.2 Å². The van der Waals surface area contributed by atoms with Crippen molar-refractivity contribution in [2.75, 3.05) is 5.32 Å². The third-order valence-corrected chi connectivity index (χ3v) is 7.14. The number of anilines is 1. The number of aliphatic hydroxyl groups is 1. The summed E-state index contributed by atoms with van der Waals surface area (Å²) in [5.41, 5.74) is 7.24. The van der Waals surface area contributed by atoms with Gasteiger partial charge < -0.3 is 15.4 Å². The topological polar surface area (TPSA) is 48.0 Å². The minimum atomic E-state index is -0.700. The molecule has 2 heterocycles. The van der Waals surface area contributed by atoms with Gasteiger partial charge in [0.05, 0.1) is 22.7 Å². The monoisotopic (exact) mass is 470 g/mol. The van der Waals surface area contributed by atoms with Gasteiger partial charge in [-0.2, -0.15) is 0 Å². The number of halogens is 2. The number of aromatic amines is 1. The van der Waals surface area contributed by atoms with Gasteiger partial charge in [0.25, 0.3) is 0 Å². The molecule has 2 atom stereocenters. The zero-order valence-electron chi connectivity index (χ0n) is 20.5. The molecule has 5 rings (SSSR count). The van der Waals surface area contributed by atoms with E-state index in [2.05, 4.69) is 41.2 Å². The lowest BCUT2D eigenvalue weighted by Crippen LogP contribution is -2.50. The van der Waals surface area contributed by atoms with Crippen LogP contribution in [0.3, 0.4) is 0 Å². The highest BCUT2D eigenvalue weighted by Gasteiger charge is 2.40. The van der Waals surface area contributed by atoms with Crippen molar-refractivity contribution in [1.29, 1.82) is 0 Å². The van der Waals surface area contributed by atoms with Crippen LogP contribution in [0.2, 0.25) is 0 Å². The van der Waals surface area contributed by atoms with Gasteiger partial charge in [0.1, 0.15) is 11.6 Å². The van der Waals surface area contributed by atoms with E-state index in [0.29, 0.717) is 0 Å². The molecule has 4 aromatic rings. The average molecular weight is 471 g/mol. The third-order valence-electron chi connectivity index (χ3n) is 7.14. The van der Waals surface area contributed by atoms with Crippen molar-refractivity contribution in [3.8, 4) is 23.0 Å². The fraction of sp³-hybridized carbons (Fsp3) is 0.267. The second-order valence-corrected chi connectivity index (χ2v) is 10.1. The van der Waals surface area contributed by atoms with Gasteiger partial charge in [-0.25, -0.2) is 8.78 Å². The van der Waals surface area contributed by atoms with E-state index in [1.54, 1.807) is 0 Å². The van der Waals surface area contributed by atoms with Crippen LogP contribution in [0, 0.1) is 37.3 Å². The highest BCUT2D eigenvalue weighted by atomic mass is 19.1. The summed E-state index contributed by atoms with van der Waals surface area (Å²) in [4.78, 5) is 3.39. The highest BCUT2D eigenvalue weighted by Crippen LogP contribution is 2.46. The number of para-hydroxylation sites is 1. The number of aliphatic hydroxyl groups excluding tert-OH is 1. The number of H-pyrrole nitrogens is 1. The number of aromatic nitrogens is 1. The molecule has 0 amide bonds. The summed E-state index contributed by atoms with van der Waals surface area (Å²) in [7, 11) is 0. The summed E-state index contributed by atoms with van der Waals surface area (Å²) < 4.78 is 27.9. The molecule has 1 aromatic heterocycles. The van der Waals surface area contributed by atoms with Crippen LogP contribution in [0.25, 0.3) is 22.0 Å². The molecule has 0 spiro atoms. The predicted molar refractivity (Wildman–Crippen MR) is 138 cm³/mol. The van der Waals surface area contributed by atoms with Crippen molar-refractivity contribution >= 4 is 16.6 Å². The SMILES string of the molecule is Cc1cc(-c2cccc3c(C)c[nH]c23)c(C#Cc2ccc(F)cc2F)c2c1NC(C)(C)C(O)C2C. The first-order valence-electron chi connectivity index (χ1n) is 11.8. The van der Waals surface area contributed by atoms with E-state index >= 15 is 0 Å². The van der Waals surface area contributed by atoms with Crippen molar-refractivity contribution in [3.05, 3.63) is 88.1 Å². The van der Waals surface area contributed by atoms with Gasteiger partial charge in [-0.3, -0.25) is 0 Å². The van der Waals surface area contributed by atoms with E-state index in [1.165, 1.54) is 12.1 Å². The Balaban J connectivity index is 1.83. The molecule has 0 aliphatic carbocycles. The van der Waals surface area contributed by atoms with Crippen LogP contribution in [-0.4, -0.2) is 21.7 Å². The molecule has 3 aromatic carbocycles. The Hall–Kier alpha value is -3.62. The summed E-state index contributed by atoms with van der Waals surface area (Å²) in [6.45, 7) is 10.1. The zero-order chi connectivity index (χ0) is 25.1. The second-order valence-electron chi connectivity index (χ2n) is 10.1. The molecule has 1 aliphatic rings. The van der Waals surface area contributed by atoms with Crippen LogP contribution >= 0.6 is 0 Å². The Labute approximate surface area is 204 Å². The molecule has 5 heteroatoms. The Morgan fingerprint density at radius 3 is 2.49 bits per heavy atom. The van der Waals surface area contributed by atoms with Gasteiger partial charge in [-0.15, -0.1) is 0 Å². The maximum atomic E-state index is 14.4. The van der Waals surface area contributed by atoms with E-state index in [1.807, 2.05) is 46.0 Å². The number of benzene rings is 3. The van der Waals surface area contributed by atoms with Crippen molar-refractivity contribution in [3.63, 3.8) is 0 Å². The standard InChI is InChI=1S/C30H28F2N2O/c1-16-13-24(23-8-6-7-21-17(2)15-33-28(21)23)22(12-10-19-9-11-20(31)14-25(19)32)26-18(3)29(35)30(4,5)34-27(16)26/h6-9,11,13-15,18,29,33-35H,1-5H3. The minimum absolute atomic E-state index is 0.123. The van der Waals surface area contributed by atoms with Crippen LogP contribution in [0.4, 0.5) is 14.5 Å². The minimum Gasteiger partial charge on any atom is -0.390 e. The first-order valence-corrected chi connectivity index (χ1v) is 11.8. The fourth-order valence-electron chi connectivity index (χ4n) is 5.23. The van der Waals surface area contributed by atoms with E-state index in [4.69, 9.17) is 0 Å². The van der Waals surface area contributed by atoms with Gasteiger partial charge in [-0.05, 0) is 62.6 Å². The van der Waals surface area contributed by atoms with Crippen molar-refractivity contribution in [1.82, 2.24) is 4.98 Å². The summed E-state index contributed by atoms with van der Waals surface area (Å²) in [6.07, 6.45) is 1.33. The zero-order valence-corrected chi connectivity index (χ0v) is 20.5. The molecule has 1 aliphatic heterocycles. The first kappa shape index (κ1) is 23.1. The molecule has 0 bridgehead atoms. The number of nitrogens with one attached hydrogen (secondary N) is 2. The lowest BCUT2D eigenvalue weighted by molar-refractivity contribution is 0.0868. The molecule has 178 valence electrons. The van der Waals surface area contributed by atoms with Crippen molar-refractivity contribution in [2.24, 2.45) is 0 Å². The van der Waals surface area contributed by atoms with Crippen LogP contribution in [0.1, 0.15) is 54.5 Å². The van der Waals surface area contributed by atoms with Gasteiger partial charge >= 0.3 is 0 Å². The molecule has 0 radical (unpaired) electrons. The molecule has 35 heavy (non-hydrogen) atoms. The van der Waals surface area contributed by atoms with Crippen molar-refractivity contribution < 1.29 is 13.9 Å². The van der Waals surface area contributed by atoms with Crippen LogP contribution in [0.15, 0.2) is 48.7 Å². The summed E-state index contributed by atoms with van der Waals surface area (Å²) in [5, 5.41) is 15.8. The van der Waals surface area contributed by atoms with E-state index in [9.17, 15) is 13.9 Å². The third kappa shape index (κ3) is 3.79. The van der Waals surface area contributed by atoms with Crippen LogP contribution in [0.5, 0.6) is 0 Å². The number of fused-ring (bicyclic) bond motifs is 2. The number of aryl methyl sites for hydroxylation is 2. The van der Waals surface area contributed by atoms with Gasteiger partial charge in [0.2, 0.25) is 0 Å². The highest BCUT2D eigenvalue weighted by molar-refractivity contribution is 5.98. The molecule has 3 N–H and O–H groups in total. The summed E-state index contributed by atoms with van der Waals surface area (Å²) in [5.74, 6) is 4.59. The van der Waals surface area contributed by atoms with Gasteiger partial charge in [0, 0.05) is 45.9 Å². The van der Waals surface area contributed by atoms with E-state index in [-0.39, 0.29) is 11.5 Å². The van der Waals surface area contributed by atoms with Crippen LogP contribution in [-0.2, 0) is 0 Å². The summed E-state index contributed by atoms with van der Waals surface area (Å²) >= 11 is 0. The molecule has 0 saturated carbocycles. The molecular weight excluding hydrogens is 442 g/mol. The van der Waals surface area contributed by atoms with E-state index < -0.39 is 23.3 Å². The largest absolute Gasteiger partial charge is 0.390 e. The Morgan fingerprint density at radius 1 is 0.971 bits per heavy atom. The quantitative estimate of drug-likeness (QED) is 0.268. The number of hydrogen-bond donors (Lipinski definition) is 3. The Bertz CT molecular complexity index is 1540. The lowest BCUT2D eigenvalue weighted by atomic mass is 9.75. The molecule has 2 unspecified atom stereocenters. The average Bonchev–Trinajstić information content (AvgIpc) is 3.19. The van der Waals surface area contributed by atoms with E-state index in [0.717, 1.165) is 56.0 Å². The molecule has 0 fully saturated rings. The molecule has 0 saturated heterocycles. The van der Waals surface area contributed by atoms with Gasteiger partial charge in [0.15, 0.2) is 0 Å². The second kappa shape index (κ2) is 8.25. The fourth-order valence-corrected chi connectivity index (χ4v) is 5.23. The van der Waals surface area contributed by atoms with Gasteiger partial charge in [-0.1, -0.05) is 37.0 Å². The predicted octanol–water partition coefficient (Wildman–Crippen LogP) is 6.80. The lowest BCUT2D eigenvalue weighted by Gasteiger charge is -2.43. The smallest absolute Gasteiger partial charge is 0.141 e. The Kier molecular flexibility index (Phi) is 5.45. The van der Waals surface area contributed by atoms with Crippen LogP contribution < -0.4 is 5.32 Å². The maximum absolute atomic E-state index is 14.4. The first-order chi connectivity index (χ1) is 16.6. The molecular formula is C30H28F2N2O. The number of hydrogen-bond acceptors (Lipinski definition) is 2. The number of rotatable bonds is 1. The maximum Gasteiger partial charge on any atom is 0.141 e. The Morgan fingerprint density at radius 2 is 1.74 bits per heavy atom. The summed E-state index contributed by atoms with van der Waals surface area (Å²) in [6, 6.07) is 11.6. The molecule has 3 nitrogen and oxygen atoms in total.